The van der Waals surface area contributed by atoms with Gasteiger partial charge in [0.2, 0.25) is 12.2 Å². The summed E-state index contributed by atoms with van der Waals surface area (Å²) in [5.74, 6) is 1.06. The lowest BCUT2D eigenvalue weighted by Crippen LogP contribution is -1.96. The predicted octanol–water partition coefficient (Wildman–Crippen LogP) is 9.89. The van der Waals surface area contributed by atoms with E-state index in [-0.39, 0.29) is 0 Å². The molecule has 0 unspecified atom stereocenters. The van der Waals surface area contributed by atoms with Crippen LogP contribution in [0.15, 0.2) is 131 Å². The van der Waals surface area contributed by atoms with Crippen molar-refractivity contribution in [3.8, 4) is 56.0 Å². The Kier molecular flexibility index (Phi) is 6.40. The molecule has 212 valence electrons. The summed E-state index contributed by atoms with van der Waals surface area (Å²) in [6.45, 7) is 0. The molecular formula is C40H24N2O3. The van der Waals surface area contributed by atoms with Gasteiger partial charge in [0, 0.05) is 0 Å². The number of aliphatic imine (C=N–C) groups is 2. The Bertz CT molecular complexity index is 2110. The topological polar surface area (TPSA) is 68.1 Å². The van der Waals surface area contributed by atoms with Gasteiger partial charge in [-0.3, -0.25) is 0 Å². The van der Waals surface area contributed by atoms with Crippen molar-refractivity contribution in [1.29, 1.82) is 0 Å². The van der Waals surface area contributed by atoms with Crippen molar-refractivity contribution in [3.05, 3.63) is 144 Å². The third-order valence-corrected chi connectivity index (χ3v) is 8.80. The van der Waals surface area contributed by atoms with Gasteiger partial charge in [0.25, 0.3) is 0 Å². The molecule has 0 atom stereocenters. The largest absolute Gasteiger partial charge is 0.456 e. The van der Waals surface area contributed by atoms with Crippen LogP contribution in [0.3, 0.4) is 0 Å². The van der Waals surface area contributed by atoms with Gasteiger partial charge < -0.3 is 4.74 Å². The van der Waals surface area contributed by atoms with Crippen molar-refractivity contribution in [2.75, 3.05) is 0 Å². The van der Waals surface area contributed by atoms with Crippen molar-refractivity contribution in [2.45, 2.75) is 12.8 Å². The molecule has 0 N–H and O–H groups in total. The standard InChI is InChI=1S/C40H24N2O3/c43-23-41-35-17-7-19-37(39(35)31-15-5-13-29-27-11-3-1-9-25(27)21-33(29)31)45-38-20-8-18-36(42-24-44)40(38)32-16-6-14-30-28-12-4-2-10-26(28)22-34(30)32/h1-20H,21-22H2. The number of ether oxygens (including phenoxy) is 1. The smallest absolute Gasteiger partial charge is 0.240 e. The van der Waals surface area contributed by atoms with E-state index in [1.54, 1.807) is 24.3 Å². The maximum atomic E-state index is 11.6. The second kappa shape index (κ2) is 10.9. The zero-order valence-corrected chi connectivity index (χ0v) is 24.1. The number of rotatable bonds is 6. The van der Waals surface area contributed by atoms with Crippen LogP contribution in [0.25, 0.3) is 44.5 Å². The summed E-state index contributed by atoms with van der Waals surface area (Å²) in [5, 5.41) is 0. The van der Waals surface area contributed by atoms with Crippen LogP contribution in [0.5, 0.6) is 11.5 Å². The fraction of sp³-hybridized carbons (Fsp3) is 0.0500. The van der Waals surface area contributed by atoms with Gasteiger partial charge in [-0.05, 0) is 92.7 Å². The van der Waals surface area contributed by atoms with Gasteiger partial charge in [0.15, 0.2) is 0 Å². The van der Waals surface area contributed by atoms with Gasteiger partial charge in [-0.1, -0.05) is 97.1 Å². The van der Waals surface area contributed by atoms with Crippen LogP contribution in [0.2, 0.25) is 0 Å². The molecule has 0 aliphatic heterocycles. The second-order valence-electron chi connectivity index (χ2n) is 11.1. The quantitative estimate of drug-likeness (QED) is 0.145. The number of carbonyl (C=O) groups excluding carboxylic acids is 2. The zero-order chi connectivity index (χ0) is 30.3. The molecule has 0 saturated heterocycles. The summed E-state index contributed by atoms with van der Waals surface area (Å²) in [6.07, 6.45) is 4.97. The van der Waals surface area contributed by atoms with Crippen LogP contribution in [0.1, 0.15) is 22.3 Å². The molecule has 6 aromatic carbocycles. The van der Waals surface area contributed by atoms with Gasteiger partial charge in [-0.25, -0.2) is 9.59 Å². The molecule has 5 heteroatoms. The molecule has 0 spiro atoms. The van der Waals surface area contributed by atoms with Gasteiger partial charge >= 0.3 is 0 Å². The molecule has 0 amide bonds. The van der Waals surface area contributed by atoms with Gasteiger partial charge in [-0.15, -0.1) is 0 Å². The highest BCUT2D eigenvalue weighted by atomic mass is 16.5. The molecule has 45 heavy (non-hydrogen) atoms. The number of isocyanates is 2. The van der Waals surface area contributed by atoms with Gasteiger partial charge in [0.1, 0.15) is 11.5 Å². The van der Waals surface area contributed by atoms with E-state index in [9.17, 15) is 9.59 Å². The lowest BCUT2D eigenvalue weighted by molar-refractivity contribution is 0.486. The van der Waals surface area contributed by atoms with Crippen molar-refractivity contribution in [2.24, 2.45) is 9.98 Å². The first-order valence-corrected chi connectivity index (χ1v) is 14.8. The number of nitrogens with zero attached hydrogens (tertiary/aromatic N) is 2. The molecule has 0 heterocycles. The Hall–Kier alpha value is -6.12. The normalized spacial score (nSPS) is 11.8. The Morgan fingerprint density at radius 1 is 0.444 bits per heavy atom. The Labute approximate surface area is 259 Å². The molecule has 0 radical (unpaired) electrons. The first-order valence-electron chi connectivity index (χ1n) is 14.8. The van der Waals surface area contributed by atoms with Gasteiger partial charge in [0.05, 0.1) is 22.5 Å². The summed E-state index contributed by atoms with van der Waals surface area (Å²) in [6, 6.07) is 40.2. The van der Waals surface area contributed by atoms with Crippen molar-refractivity contribution in [3.63, 3.8) is 0 Å². The highest BCUT2D eigenvalue weighted by Gasteiger charge is 2.27. The number of fused-ring (bicyclic) bond motifs is 6. The lowest BCUT2D eigenvalue weighted by atomic mass is 9.93. The van der Waals surface area contributed by atoms with Crippen LogP contribution in [-0.2, 0) is 22.4 Å². The Morgan fingerprint density at radius 3 is 1.31 bits per heavy atom. The van der Waals surface area contributed by atoms with E-state index in [1.165, 1.54) is 22.3 Å². The summed E-state index contributed by atoms with van der Waals surface area (Å²) < 4.78 is 6.82. The van der Waals surface area contributed by atoms with Crippen LogP contribution in [-0.4, -0.2) is 12.2 Å². The second-order valence-corrected chi connectivity index (χ2v) is 11.1. The van der Waals surface area contributed by atoms with E-state index in [1.807, 2.05) is 48.5 Å². The Balaban J connectivity index is 1.32. The molecule has 2 aliphatic rings. The third kappa shape index (κ3) is 4.35. The first-order chi connectivity index (χ1) is 22.2. The average Bonchev–Trinajstić information content (AvgIpc) is 3.65. The first kappa shape index (κ1) is 26.5. The van der Waals surface area contributed by atoms with E-state index in [4.69, 9.17) is 4.74 Å². The third-order valence-electron chi connectivity index (χ3n) is 8.80. The van der Waals surface area contributed by atoms with Crippen molar-refractivity contribution < 1.29 is 14.3 Å². The zero-order valence-electron chi connectivity index (χ0n) is 24.1. The predicted molar refractivity (Wildman–Crippen MR) is 176 cm³/mol. The summed E-state index contributed by atoms with van der Waals surface area (Å²) >= 11 is 0. The van der Waals surface area contributed by atoms with E-state index in [0.717, 1.165) is 46.2 Å². The fourth-order valence-corrected chi connectivity index (χ4v) is 6.94. The molecule has 0 bridgehead atoms. The number of benzene rings is 6. The van der Waals surface area contributed by atoms with E-state index in [0.29, 0.717) is 34.0 Å². The average molecular weight is 581 g/mol. The summed E-state index contributed by atoms with van der Waals surface area (Å²) in [7, 11) is 0. The monoisotopic (exact) mass is 580 g/mol. The van der Waals surface area contributed by atoms with E-state index < -0.39 is 0 Å². The van der Waals surface area contributed by atoms with E-state index >= 15 is 0 Å². The highest BCUT2D eigenvalue weighted by molar-refractivity contribution is 5.93. The molecule has 0 aromatic heterocycles. The van der Waals surface area contributed by atoms with Crippen LogP contribution >= 0.6 is 0 Å². The highest BCUT2D eigenvalue weighted by Crippen LogP contribution is 2.51. The fourth-order valence-electron chi connectivity index (χ4n) is 6.94. The SMILES string of the molecule is O=C=Nc1cccc(Oc2cccc(N=C=O)c2-c2cccc3c2Cc2ccccc2-3)c1-c1cccc2c1Cc1ccccc1-2. The van der Waals surface area contributed by atoms with E-state index in [2.05, 4.69) is 70.6 Å². The van der Waals surface area contributed by atoms with Crippen LogP contribution in [0, 0.1) is 0 Å². The van der Waals surface area contributed by atoms with Gasteiger partial charge in [-0.2, -0.15) is 9.98 Å². The number of hydrogen-bond donors (Lipinski definition) is 0. The Morgan fingerprint density at radius 2 is 0.844 bits per heavy atom. The van der Waals surface area contributed by atoms with Crippen molar-refractivity contribution >= 4 is 23.5 Å². The minimum absolute atomic E-state index is 0.464. The molecule has 5 nitrogen and oxygen atoms in total. The molecule has 6 aromatic rings. The maximum Gasteiger partial charge on any atom is 0.240 e. The van der Waals surface area contributed by atoms with Crippen LogP contribution in [0.4, 0.5) is 11.4 Å². The maximum absolute atomic E-state index is 11.6. The molecule has 0 fully saturated rings. The molecule has 2 aliphatic carbocycles. The molecule has 0 saturated carbocycles. The van der Waals surface area contributed by atoms with Crippen molar-refractivity contribution in [1.82, 2.24) is 0 Å². The summed E-state index contributed by atoms with van der Waals surface area (Å²) in [5.41, 5.74) is 13.7. The molecular weight excluding hydrogens is 556 g/mol. The minimum Gasteiger partial charge on any atom is -0.456 e. The molecule has 8 rings (SSSR count). The summed E-state index contributed by atoms with van der Waals surface area (Å²) in [4.78, 5) is 31.4. The van der Waals surface area contributed by atoms with Crippen LogP contribution < -0.4 is 4.74 Å². The number of hydrogen-bond acceptors (Lipinski definition) is 5. The lowest BCUT2D eigenvalue weighted by Gasteiger charge is -2.19. The minimum atomic E-state index is 0.464.